The Labute approximate surface area is 175 Å². The number of ether oxygens (including phenoxy) is 1. The highest BCUT2D eigenvalue weighted by atomic mass is 16.5. The molecule has 1 aromatic heterocycles. The van der Waals surface area contributed by atoms with E-state index in [9.17, 15) is 5.26 Å². The Balaban J connectivity index is 1.47. The molecule has 4 aromatic rings. The molecule has 0 aliphatic heterocycles. The monoisotopic (exact) mass is 394 g/mol. The third kappa shape index (κ3) is 3.27. The van der Waals surface area contributed by atoms with Crippen molar-refractivity contribution in [1.82, 2.24) is 10.2 Å². The van der Waals surface area contributed by atoms with Gasteiger partial charge < -0.3 is 10.1 Å². The number of hydrogen-bond acceptors (Lipinski definition) is 4. The number of hydrogen-bond donors (Lipinski definition) is 2. The van der Waals surface area contributed by atoms with Crippen LogP contribution < -0.4 is 10.1 Å². The summed E-state index contributed by atoms with van der Waals surface area (Å²) in [5.41, 5.74) is 7.36. The lowest BCUT2D eigenvalue weighted by atomic mass is 9.86. The number of rotatable bonds is 4. The van der Waals surface area contributed by atoms with Gasteiger partial charge in [-0.15, -0.1) is 0 Å². The zero-order valence-corrected chi connectivity index (χ0v) is 16.8. The van der Waals surface area contributed by atoms with Gasteiger partial charge in [0.2, 0.25) is 0 Å². The van der Waals surface area contributed by atoms with Crippen molar-refractivity contribution in [3.8, 4) is 23.1 Å². The SMILES string of the molecule is COc1ccc(-c2n[nH]c3ccc(N[C@H]4CCCc5cc(C#N)ccc54)cc23)cc1. The van der Waals surface area contributed by atoms with E-state index in [1.165, 1.54) is 11.1 Å². The van der Waals surface area contributed by atoms with Gasteiger partial charge in [0, 0.05) is 16.6 Å². The van der Waals surface area contributed by atoms with E-state index in [0.29, 0.717) is 0 Å². The molecular weight excluding hydrogens is 372 g/mol. The molecule has 0 fully saturated rings. The van der Waals surface area contributed by atoms with Gasteiger partial charge in [-0.3, -0.25) is 5.10 Å². The summed E-state index contributed by atoms with van der Waals surface area (Å²) in [6, 6.07) is 22.8. The lowest BCUT2D eigenvalue weighted by Gasteiger charge is -2.27. The van der Waals surface area contributed by atoms with Crippen LogP contribution in [0.1, 0.15) is 35.6 Å². The van der Waals surface area contributed by atoms with Crippen molar-refractivity contribution in [3.63, 3.8) is 0 Å². The lowest BCUT2D eigenvalue weighted by molar-refractivity contribution is 0.415. The number of nitriles is 1. The van der Waals surface area contributed by atoms with Crippen LogP contribution in [0.25, 0.3) is 22.2 Å². The fraction of sp³-hybridized carbons (Fsp3) is 0.200. The minimum Gasteiger partial charge on any atom is -0.497 e. The van der Waals surface area contributed by atoms with Gasteiger partial charge in [-0.2, -0.15) is 10.4 Å². The molecule has 30 heavy (non-hydrogen) atoms. The van der Waals surface area contributed by atoms with Crippen molar-refractivity contribution >= 4 is 16.6 Å². The number of nitrogens with zero attached hydrogens (tertiary/aromatic N) is 2. The summed E-state index contributed by atoms with van der Waals surface area (Å²) in [4.78, 5) is 0. The van der Waals surface area contributed by atoms with E-state index in [-0.39, 0.29) is 6.04 Å². The molecule has 1 aliphatic rings. The Bertz CT molecular complexity index is 1250. The Morgan fingerprint density at radius 1 is 1.10 bits per heavy atom. The van der Waals surface area contributed by atoms with Crippen molar-refractivity contribution < 1.29 is 4.74 Å². The highest BCUT2D eigenvalue weighted by Gasteiger charge is 2.21. The Morgan fingerprint density at radius 2 is 1.97 bits per heavy atom. The van der Waals surface area contributed by atoms with E-state index in [1.54, 1.807) is 7.11 Å². The third-order valence-corrected chi connectivity index (χ3v) is 5.85. The molecule has 0 unspecified atom stereocenters. The molecule has 0 spiro atoms. The molecule has 2 N–H and O–H groups in total. The zero-order valence-electron chi connectivity index (χ0n) is 16.8. The van der Waals surface area contributed by atoms with E-state index < -0.39 is 0 Å². The van der Waals surface area contributed by atoms with Gasteiger partial charge >= 0.3 is 0 Å². The first-order chi connectivity index (χ1) is 14.7. The van der Waals surface area contributed by atoms with E-state index in [1.807, 2.05) is 36.4 Å². The van der Waals surface area contributed by atoms with E-state index >= 15 is 0 Å². The summed E-state index contributed by atoms with van der Waals surface area (Å²) < 4.78 is 5.26. The second-order valence-corrected chi connectivity index (χ2v) is 7.68. The summed E-state index contributed by atoms with van der Waals surface area (Å²) in [6.45, 7) is 0. The van der Waals surface area contributed by atoms with Crippen molar-refractivity contribution in [2.45, 2.75) is 25.3 Å². The molecule has 1 aliphatic carbocycles. The topological polar surface area (TPSA) is 73.7 Å². The van der Waals surface area contributed by atoms with Crippen LogP contribution in [0.4, 0.5) is 5.69 Å². The molecule has 5 rings (SSSR count). The summed E-state index contributed by atoms with van der Waals surface area (Å²) in [5, 5.41) is 21.7. The number of anilines is 1. The van der Waals surface area contributed by atoms with Crippen molar-refractivity contribution in [2.75, 3.05) is 12.4 Å². The van der Waals surface area contributed by atoms with Crippen LogP contribution >= 0.6 is 0 Å². The van der Waals surface area contributed by atoms with Gasteiger partial charge in [0.15, 0.2) is 0 Å². The van der Waals surface area contributed by atoms with Crippen molar-refractivity contribution in [2.24, 2.45) is 0 Å². The number of methoxy groups -OCH3 is 1. The molecule has 148 valence electrons. The molecular formula is C25H22N4O. The fourth-order valence-electron chi connectivity index (χ4n) is 4.31. The Kier molecular flexibility index (Phi) is 4.61. The lowest BCUT2D eigenvalue weighted by Crippen LogP contribution is -2.17. The largest absolute Gasteiger partial charge is 0.497 e. The second-order valence-electron chi connectivity index (χ2n) is 7.68. The van der Waals surface area contributed by atoms with E-state index in [0.717, 1.165) is 58.4 Å². The van der Waals surface area contributed by atoms with Gasteiger partial charge in [0.05, 0.1) is 36.0 Å². The molecule has 1 heterocycles. The molecule has 1 atom stereocenters. The Hall–Kier alpha value is -3.78. The van der Waals surface area contributed by atoms with Gasteiger partial charge in [-0.25, -0.2) is 0 Å². The predicted octanol–water partition coefficient (Wildman–Crippen LogP) is 5.60. The average molecular weight is 394 g/mol. The van der Waals surface area contributed by atoms with Crippen LogP contribution in [0, 0.1) is 11.3 Å². The number of H-pyrrole nitrogens is 1. The molecule has 5 nitrogen and oxygen atoms in total. The van der Waals surface area contributed by atoms with Crippen LogP contribution in [0.2, 0.25) is 0 Å². The molecule has 0 radical (unpaired) electrons. The predicted molar refractivity (Wildman–Crippen MR) is 119 cm³/mol. The zero-order chi connectivity index (χ0) is 20.5. The van der Waals surface area contributed by atoms with Gasteiger partial charge in [-0.05, 0) is 85.0 Å². The van der Waals surface area contributed by atoms with Crippen LogP contribution in [0.5, 0.6) is 5.75 Å². The Morgan fingerprint density at radius 3 is 2.77 bits per heavy atom. The minimum atomic E-state index is 0.246. The maximum atomic E-state index is 9.19. The van der Waals surface area contributed by atoms with E-state index in [2.05, 4.69) is 45.8 Å². The number of benzene rings is 3. The molecule has 0 amide bonds. The number of aryl methyl sites for hydroxylation is 1. The highest BCUT2D eigenvalue weighted by molar-refractivity contribution is 5.95. The maximum Gasteiger partial charge on any atom is 0.118 e. The van der Waals surface area contributed by atoms with Crippen LogP contribution in [0.3, 0.4) is 0 Å². The summed E-state index contributed by atoms with van der Waals surface area (Å²) in [7, 11) is 1.67. The molecule has 3 aromatic carbocycles. The first-order valence-electron chi connectivity index (χ1n) is 10.2. The smallest absolute Gasteiger partial charge is 0.118 e. The summed E-state index contributed by atoms with van der Waals surface area (Å²) in [5.74, 6) is 0.830. The minimum absolute atomic E-state index is 0.246. The molecule has 5 heteroatoms. The van der Waals surface area contributed by atoms with Crippen LogP contribution in [0.15, 0.2) is 60.7 Å². The van der Waals surface area contributed by atoms with Crippen LogP contribution in [-0.4, -0.2) is 17.3 Å². The fourth-order valence-corrected chi connectivity index (χ4v) is 4.31. The normalized spacial score (nSPS) is 15.4. The van der Waals surface area contributed by atoms with Crippen LogP contribution in [-0.2, 0) is 6.42 Å². The quantitative estimate of drug-likeness (QED) is 0.472. The first-order valence-corrected chi connectivity index (χ1v) is 10.2. The van der Waals surface area contributed by atoms with Gasteiger partial charge in [-0.1, -0.05) is 6.07 Å². The highest BCUT2D eigenvalue weighted by Crippen LogP contribution is 2.35. The van der Waals surface area contributed by atoms with Gasteiger partial charge in [0.25, 0.3) is 0 Å². The average Bonchev–Trinajstić information content (AvgIpc) is 3.22. The third-order valence-electron chi connectivity index (χ3n) is 5.85. The summed E-state index contributed by atoms with van der Waals surface area (Å²) >= 11 is 0. The maximum absolute atomic E-state index is 9.19. The molecule has 0 saturated carbocycles. The number of aromatic nitrogens is 2. The van der Waals surface area contributed by atoms with E-state index in [4.69, 9.17) is 4.74 Å². The number of aromatic amines is 1. The standard InChI is InChI=1S/C25H22N4O/c1-30-20-9-6-17(7-10-20)25-22-14-19(8-12-24(22)28-29-25)27-23-4-2-3-18-13-16(15-26)5-11-21(18)23/h5-14,23,27H,2-4H2,1H3,(H,28,29)/t23-/m0/s1. The number of fused-ring (bicyclic) bond motifs is 2. The number of nitrogens with one attached hydrogen (secondary N) is 2. The molecule has 0 bridgehead atoms. The van der Waals surface area contributed by atoms with Crippen molar-refractivity contribution in [1.29, 1.82) is 5.26 Å². The summed E-state index contributed by atoms with van der Waals surface area (Å²) in [6.07, 6.45) is 3.23. The van der Waals surface area contributed by atoms with Crippen molar-refractivity contribution in [3.05, 3.63) is 77.4 Å². The first kappa shape index (κ1) is 18.3. The van der Waals surface area contributed by atoms with Gasteiger partial charge in [0.1, 0.15) is 5.75 Å². The molecule has 0 saturated heterocycles. The second kappa shape index (κ2) is 7.57.